The summed E-state index contributed by atoms with van der Waals surface area (Å²) in [6.07, 6.45) is 1.55. The van der Waals surface area contributed by atoms with Crippen molar-refractivity contribution in [3.05, 3.63) is 53.0 Å². The molecule has 0 atom stereocenters. The fraction of sp³-hybridized carbons (Fsp3) is 0.250. The average molecular weight is 303 g/mol. The minimum Gasteiger partial charge on any atom is -0.496 e. The van der Waals surface area contributed by atoms with Crippen molar-refractivity contribution in [2.75, 3.05) is 14.2 Å². The molecule has 0 unspecified atom stereocenters. The Kier molecular flexibility index (Phi) is 5.19. The molecule has 22 heavy (non-hydrogen) atoms. The largest absolute Gasteiger partial charge is 0.496 e. The van der Waals surface area contributed by atoms with Crippen LogP contribution < -0.4 is 4.74 Å². The molecule has 0 N–H and O–H groups in total. The molecule has 1 heterocycles. The number of aryl methyl sites for hydroxylation is 1. The van der Waals surface area contributed by atoms with E-state index >= 15 is 0 Å². The van der Waals surface area contributed by atoms with Gasteiger partial charge in [0, 0.05) is 5.56 Å². The lowest BCUT2D eigenvalue weighted by Crippen LogP contribution is -2.00. The van der Waals surface area contributed by atoms with E-state index in [-0.39, 0.29) is 6.61 Å². The number of para-hydroxylation sites is 1. The molecule has 0 aliphatic carbocycles. The van der Waals surface area contributed by atoms with Crippen LogP contribution in [0.15, 0.2) is 39.9 Å². The van der Waals surface area contributed by atoms with E-state index in [1.165, 1.54) is 7.11 Å². The maximum absolute atomic E-state index is 11.5. The van der Waals surface area contributed by atoms with Crippen molar-refractivity contribution in [3.63, 3.8) is 0 Å². The second-order valence-electron chi connectivity index (χ2n) is 4.42. The lowest BCUT2D eigenvalue weighted by Gasteiger charge is -2.02. The molecule has 0 saturated carbocycles. The maximum Gasteiger partial charge on any atom is 0.341 e. The Bertz CT molecular complexity index is 675. The van der Waals surface area contributed by atoms with Gasteiger partial charge in [0.15, 0.2) is 6.61 Å². The summed E-state index contributed by atoms with van der Waals surface area (Å²) < 4.78 is 15.3. The van der Waals surface area contributed by atoms with Gasteiger partial charge in [-0.25, -0.2) is 4.79 Å². The van der Waals surface area contributed by atoms with Gasteiger partial charge in [0.2, 0.25) is 0 Å². The van der Waals surface area contributed by atoms with E-state index in [0.29, 0.717) is 22.8 Å². The third-order valence-electron chi connectivity index (χ3n) is 2.99. The number of hydrogen-bond acceptors (Lipinski definition) is 6. The quantitative estimate of drug-likeness (QED) is 0.466. The van der Waals surface area contributed by atoms with Crippen molar-refractivity contribution in [1.82, 2.24) is 0 Å². The topological polar surface area (TPSA) is 70.3 Å². The molecule has 0 aliphatic heterocycles. The lowest BCUT2D eigenvalue weighted by atomic mass is 10.2. The highest BCUT2D eigenvalue weighted by Crippen LogP contribution is 2.17. The third-order valence-corrected chi connectivity index (χ3v) is 2.99. The summed E-state index contributed by atoms with van der Waals surface area (Å²) in [5.74, 6) is 1.25. The average Bonchev–Trinajstić information content (AvgIpc) is 2.92. The molecule has 1 aromatic carbocycles. The smallest absolute Gasteiger partial charge is 0.341 e. The first-order valence-electron chi connectivity index (χ1n) is 6.61. The molecule has 116 valence electrons. The van der Waals surface area contributed by atoms with Crippen LogP contribution in [0.5, 0.6) is 5.75 Å². The zero-order valence-electron chi connectivity index (χ0n) is 12.7. The first-order chi connectivity index (χ1) is 10.7. The molecule has 2 aromatic rings. The molecule has 0 fully saturated rings. The van der Waals surface area contributed by atoms with E-state index in [1.807, 2.05) is 24.3 Å². The SMILES string of the molecule is COC(=O)c1cc(CO/N=C\c2ccccc2OC)oc1C. The summed E-state index contributed by atoms with van der Waals surface area (Å²) in [7, 11) is 2.91. The summed E-state index contributed by atoms with van der Waals surface area (Å²) in [4.78, 5) is 16.6. The fourth-order valence-electron chi connectivity index (χ4n) is 1.90. The number of esters is 1. The maximum atomic E-state index is 11.5. The number of furan rings is 1. The van der Waals surface area contributed by atoms with E-state index in [0.717, 1.165) is 5.56 Å². The van der Waals surface area contributed by atoms with Gasteiger partial charge >= 0.3 is 5.97 Å². The molecular formula is C16H17NO5. The predicted molar refractivity (Wildman–Crippen MR) is 80.2 cm³/mol. The number of hydrogen-bond donors (Lipinski definition) is 0. The van der Waals surface area contributed by atoms with E-state index in [9.17, 15) is 4.79 Å². The summed E-state index contributed by atoms with van der Waals surface area (Å²) in [5, 5.41) is 3.87. The lowest BCUT2D eigenvalue weighted by molar-refractivity contribution is 0.0599. The summed E-state index contributed by atoms with van der Waals surface area (Å²) in [6.45, 7) is 1.80. The summed E-state index contributed by atoms with van der Waals surface area (Å²) >= 11 is 0. The first-order valence-corrected chi connectivity index (χ1v) is 6.61. The van der Waals surface area contributed by atoms with Crippen molar-refractivity contribution < 1.29 is 23.5 Å². The first kappa shape index (κ1) is 15.6. The number of methoxy groups -OCH3 is 2. The Labute approximate surface area is 128 Å². The highest BCUT2D eigenvalue weighted by atomic mass is 16.6. The van der Waals surface area contributed by atoms with E-state index < -0.39 is 5.97 Å². The van der Waals surface area contributed by atoms with Crippen LogP contribution in [-0.2, 0) is 16.2 Å². The number of rotatable bonds is 6. The standard InChI is InChI=1S/C16H17NO5/c1-11-14(16(18)20-3)8-13(22-11)10-21-17-9-12-6-4-5-7-15(12)19-2/h4-9H,10H2,1-3H3/b17-9-. The molecule has 0 saturated heterocycles. The van der Waals surface area contributed by atoms with Gasteiger partial charge in [-0.3, -0.25) is 0 Å². The molecule has 0 amide bonds. The van der Waals surface area contributed by atoms with Crippen molar-refractivity contribution in [2.24, 2.45) is 5.16 Å². The van der Waals surface area contributed by atoms with Crippen LogP contribution in [0.3, 0.4) is 0 Å². The van der Waals surface area contributed by atoms with Gasteiger partial charge in [-0.05, 0) is 25.1 Å². The van der Waals surface area contributed by atoms with Crippen molar-refractivity contribution in [3.8, 4) is 5.75 Å². The van der Waals surface area contributed by atoms with Crippen LogP contribution >= 0.6 is 0 Å². The number of carbonyl (C=O) groups excluding carboxylic acids is 1. The Balaban J connectivity index is 1.96. The molecule has 0 spiro atoms. The van der Waals surface area contributed by atoms with Gasteiger partial charge in [0.25, 0.3) is 0 Å². The number of oxime groups is 1. The second-order valence-corrected chi connectivity index (χ2v) is 4.42. The minimum atomic E-state index is -0.440. The van der Waals surface area contributed by atoms with Gasteiger partial charge in [0.05, 0.1) is 20.4 Å². The van der Waals surface area contributed by atoms with E-state index in [1.54, 1.807) is 26.3 Å². The van der Waals surface area contributed by atoms with E-state index in [2.05, 4.69) is 9.89 Å². The fourth-order valence-corrected chi connectivity index (χ4v) is 1.90. The molecular weight excluding hydrogens is 286 g/mol. The van der Waals surface area contributed by atoms with Crippen LogP contribution in [-0.4, -0.2) is 26.4 Å². The zero-order chi connectivity index (χ0) is 15.9. The van der Waals surface area contributed by atoms with Gasteiger partial charge in [-0.2, -0.15) is 0 Å². The highest BCUT2D eigenvalue weighted by Gasteiger charge is 2.15. The van der Waals surface area contributed by atoms with Crippen molar-refractivity contribution >= 4 is 12.2 Å². The summed E-state index contributed by atoms with van der Waals surface area (Å²) in [5.41, 5.74) is 1.19. The molecule has 6 nitrogen and oxygen atoms in total. The van der Waals surface area contributed by atoms with Crippen LogP contribution in [0.2, 0.25) is 0 Å². The Morgan fingerprint density at radius 2 is 2.09 bits per heavy atom. The van der Waals surface area contributed by atoms with Gasteiger partial charge in [-0.15, -0.1) is 0 Å². The molecule has 1 aromatic heterocycles. The molecule has 2 rings (SSSR count). The highest BCUT2D eigenvalue weighted by molar-refractivity contribution is 5.90. The number of benzene rings is 1. The van der Waals surface area contributed by atoms with Gasteiger partial charge < -0.3 is 18.7 Å². The van der Waals surface area contributed by atoms with E-state index in [4.69, 9.17) is 14.0 Å². The normalized spacial score (nSPS) is 10.7. The van der Waals surface area contributed by atoms with Crippen molar-refractivity contribution in [1.29, 1.82) is 0 Å². The molecule has 6 heteroatoms. The molecule has 0 bridgehead atoms. The van der Waals surface area contributed by atoms with Gasteiger partial charge in [-0.1, -0.05) is 17.3 Å². The molecule has 0 aliphatic rings. The monoisotopic (exact) mass is 303 g/mol. The second kappa shape index (κ2) is 7.31. The number of carbonyl (C=O) groups is 1. The van der Waals surface area contributed by atoms with Crippen LogP contribution in [0.25, 0.3) is 0 Å². The molecule has 0 radical (unpaired) electrons. The van der Waals surface area contributed by atoms with Crippen LogP contribution in [0.1, 0.15) is 27.4 Å². The zero-order valence-corrected chi connectivity index (χ0v) is 12.7. The minimum absolute atomic E-state index is 0.115. The van der Waals surface area contributed by atoms with Crippen LogP contribution in [0.4, 0.5) is 0 Å². The Morgan fingerprint density at radius 1 is 1.32 bits per heavy atom. The Hall–Kier alpha value is -2.76. The predicted octanol–water partition coefficient (Wildman–Crippen LogP) is 2.93. The third kappa shape index (κ3) is 3.66. The van der Waals surface area contributed by atoms with Crippen molar-refractivity contribution in [2.45, 2.75) is 13.5 Å². The Morgan fingerprint density at radius 3 is 2.82 bits per heavy atom. The van der Waals surface area contributed by atoms with Crippen LogP contribution in [0, 0.1) is 6.92 Å². The number of ether oxygens (including phenoxy) is 2. The van der Waals surface area contributed by atoms with Gasteiger partial charge in [0.1, 0.15) is 22.8 Å². The number of nitrogens with zero attached hydrogens (tertiary/aromatic N) is 1. The summed E-state index contributed by atoms with van der Waals surface area (Å²) in [6, 6.07) is 9.02.